The second-order valence-electron chi connectivity index (χ2n) is 7.28. The van der Waals surface area contributed by atoms with Crippen LogP contribution >= 0.6 is 0 Å². The molecule has 1 N–H and O–H groups in total. The highest BCUT2D eigenvalue weighted by atomic mass is 19.4. The Balaban J connectivity index is 1.40. The van der Waals surface area contributed by atoms with Gasteiger partial charge < -0.3 is 10.2 Å². The molecule has 2 fully saturated rings. The molecular formula is C19H20F3N5O. The molecule has 3 heterocycles. The maximum Gasteiger partial charge on any atom is 0.416 e. The lowest BCUT2D eigenvalue weighted by Crippen LogP contribution is -2.50. The summed E-state index contributed by atoms with van der Waals surface area (Å²) in [5.74, 6) is 0.719. The van der Waals surface area contributed by atoms with Gasteiger partial charge in [-0.1, -0.05) is 12.8 Å². The number of amides is 1. The van der Waals surface area contributed by atoms with Crippen molar-refractivity contribution in [3.8, 4) is 0 Å². The molecule has 2 aliphatic rings. The van der Waals surface area contributed by atoms with Gasteiger partial charge in [-0.25, -0.2) is 15.0 Å². The molecule has 4 rings (SSSR count). The lowest BCUT2D eigenvalue weighted by Gasteiger charge is -2.40. The van der Waals surface area contributed by atoms with Gasteiger partial charge in [-0.3, -0.25) is 4.79 Å². The predicted molar refractivity (Wildman–Crippen MR) is 95.8 cm³/mol. The summed E-state index contributed by atoms with van der Waals surface area (Å²) in [6.45, 7) is 1.24. The molecule has 6 nitrogen and oxygen atoms in total. The molecule has 0 aromatic carbocycles. The summed E-state index contributed by atoms with van der Waals surface area (Å²) in [5.41, 5.74) is -0.0267. The Kier molecular flexibility index (Phi) is 4.91. The van der Waals surface area contributed by atoms with E-state index in [2.05, 4.69) is 20.3 Å². The number of hydrogen-bond donors (Lipinski definition) is 1. The van der Waals surface area contributed by atoms with Crippen LogP contribution in [0, 0.1) is 5.92 Å². The third kappa shape index (κ3) is 3.93. The van der Waals surface area contributed by atoms with Gasteiger partial charge in [0.25, 0.3) is 0 Å². The number of anilines is 2. The van der Waals surface area contributed by atoms with Crippen LogP contribution in [-0.2, 0) is 11.0 Å². The molecule has 0 radical (unpaired) electrons. The number of carbonyl (C=O) groups is 1. The quantitative estimate of drug-likeness (QED) is 0.860. The van der Waals surface area contributed by atoms with Gasteiger partial charge in [0.1, 0.15) is 5.82 Å². The van der Waals surface area contributed by atoms with E-state index in [4.69, 9.17) is 0 Å². The van der Waals surface area contributed by atoms with E-state index in [1.807, 2.05) is 4.90 Å². The first-order chi connectivity index (χ1) is 13.4. The Morgan fingerprint density at radius 2 is 1.82 bits per heavy atom. The van der Waals surface area contributed by atoms with Crippen LogP contribution in [0.2, 0.25) is 0 Å². The zero-order valence-corrected chi connectivity index (χ0v) is 15.1. The number of likely N-dealkylation sites (tertiary alicyclic amines) is 1. The smallest absolute Gasteiger partial charge is 0.341 e. The topological polar surface area (TPSA) is 71.0 Å². The van der Waals surface area contributed by atoms with E-state index in [-0.39, 0.29) is 29.5 Å². The highest BCUT2D eigenvalue weighted by molar-refractivity contribution is 5.80. The molecule has 1 saturated heterocycles. The van der Waals surface area contributed by atoms with Crippen molar-refractivity contribution in [1.29, 1.82) is 0 Å². The molecule has 1 amide bonds. The first-order valence-electron chi connectivity index (χ1n) is 9.32. The summed E-state index contributed by atoms with van der Waals surface area (Å²) in [7, 11) is 0. The van der Waals surface area contributed by atoms with Crippen molar-refractivity contribution in [2.45, 2.75) is 37.8 Å². The van der Waals surface area contributed by atoms with E-state index in [0.29, 0.717) is 13.1 Å². The zero-order chi connectivity index (χ0) is 19.7. The van der Waals surface area contributed by atoms with Gasteiger partial charge >= 0.3 is 6.18 Å². The number of nitrogens with one attached hydrogen (secondary N) is 1. The average Bonchev–Trinajstić information content (AvgIpc) is 3.15. The van der Waals surface area contributed by atoms with Gasteiger partial charge in [-0.15, -0.1) is 0 Å². The summed E-state index contributed by atoms with van der Waals surface area (Å²) in [6.07, 6.45) is 2.41. The minimum Gasteiger partial charge on any atom is -0.341 e. The van der Waals surface area contributed by atoms with E-state index in [1.165, 1.54) is 0 Å². The second kappa shape index (κ2) is 7.37. The number of carbonyl (C=O) groups excluding carboxylic acids is 1. The Labute approximate surface area is 160 Å². The largest absolute Gasteiger partial charge is 0.416 e. The molecule has 2 aromatic heterocycles. The van der Waals surface area contributed by atoms with E-state index in [9.17, 15) is 18.0 Å². The van der Waals surface area contributed by atoms with Crippen molar-refractivity contribution in [3.63, 3.8) is 0 Å². The summed E-state index contributed by atoms with van der Waals surface area (Å²) in [4.78, 5) is 26.6. The van der Waals surface area contributed by atoms with Crippen LogP contribution in [0.1, 0.15) is 42.9 Å². The van der Waals surface area contributed by atoms with Crippen LogP contribution in [0.4, 0.5) is 24.9 Å². The van der Waals surface area contributed by atoms with Crippen LogP contribution in [0.25, 0.3) is 0 Å². The number of aromatic nitrogens is 3. The van der Waals surface area contributed by atoms with Crippen molar-refractivity contribution < 1.29 is 18.0 Å². The fourth-order valence-corrected chi connectivity index (χ4v) is 3.73. The Morgan fingerprint density at radius 3 is 2.54 bits per heavy atom. The monoisotopic (exact) mass is 391 g/mol. The molecule has 1 saturated carbocycles. The van der Waals surface area contributed by atoms with Crippen molar-refractivity contribution in [2.75, 3.05) is 18.4 Å². The molecule has 2 aromatic rings. The summed E-state index contributed by atoms with van der Waals surface area (Å²) >= 11 is 0. The standard InChI is InChI=1S/C19H20F3N5O/c20-19(21,22)14-5-7-23-16(9-14)26-18-24-8-6-15(25-18)13-10-27(11-13)17(28)12-3-1-2-4-12/h5-9,12-13H,1-4,10-11H2,(H,23,24,25,26). The van der Waals surface area contributed by atoms with Crippen LogP contribution in [0.5, 0.6) is 0 Å². The van der Waals surface area contributed by atoms with Crippen LogP contribution in [-0.4, -0.2) is 38.8 Å². The Morgan fingerprint density at radius 1 is 1.11 bits per heavy atom. The number of rotatable bonds is 4. The van der Waals surface area contributed by atoms with Gasteiger partial charge in [0.2, 0.25) is 11.9 Å². The average molecular weight is 391 g/mol. The summed E-state index contributed by atoms with van der Waals surface area (Å²) in [5, 5.41) is 2.72. The maximum absolute atomic E-state index is 12.8. The molecule has 0 atom stereocenters. The van der Waals surface area contributed by atoms with E-state index < -0.39 is 11.7 Å². The van der Waals surface area contributed by atoms with Gasteiger partial charge in [0, 0.05) is 37.3 Å². The first kappa shape index (κ1) is 18.6. The third-order valence-electron chi connectivity index (χ3n) is 5.32. The summed E-state index contributed by atoms with van der Waals surface area (Å²) < 4.78 is 38.5. The molecule has 0 bridgehead atoms. The van der Waals surface area contributed by atoms with Crippen LogP contribution in [0.15, 0.2) is 30.6 Å². The SMILES string of the molecule is O=C(C1CCCC1)N1CC(c2ccnc(Nc3cc(C(F)(F)F)ccn3)n2)C1. The molecule has 1 aliphatic carbocycles. The fourth-order valence-electron chi connectivity index (χ4n) is 3.73. The lowest BCUT2D eigenvalue weighted by molar-refractivity contribution is -0.140. The van der Waals surface area contributed by atoms with E-state index >= 15 is 0 Å². The molecule has 1 aliphatic heterocycles. The number of alkyl halides is 3. The molecule has 0 spiro atoms. The van der Waals surface area contributed by atoms with Gasteiger partial charge in [-0.2, -0.15) is 13.2 Å². The van der Waals surface area contributed by atoms with E-state index in [0.717, 1.165) is 49.7 Å². The molecule has 28 heavy (non-hydrogen) atoms. The van der Waals surface area contributed by atoms with Crippen LogP contribution < -0.4 is 5.32 Å². The predicted octanol–water partition coefficient (Wildman–Crippen LogP) is 3.75. The molecule has 148 valence electrons. The normalized spacial score (nSPS) is 18.2. The number of halogens is 3. The van der Waals surface area contributed by atoms with Crippen molar-refractivity contribution in [1.82, 2.24) is 19.9 Å². The van der Waals surface area contributed by atoms with Crippen molar-refractivity contribution >= 4 is 17.7 Å². The Bertz CT molecular complexity index is 861. The molecule has 0 unspecified atom stereocenters. The lowest BCUT2D eigenvalue weighted by atomic mass is 9.93. The highest BCUT2D eigenvalue weighted by Gasteiger charge is 2.37. The highest BCUT2D eigenvalue weighted by Crippen LogP contribution is 2.33. The summed E-state index contributed by atoms with van der Waals surface area (Å²) in [6, 6.07) is 3.60. The zero-order valence-electron chi connectivity index (χ0n) is 15.1. The van der Waals surface area contributed by atoms with Gasteiger partial charge in [-0.05, 0) is 31.0 Å². The van der Waals surface area contributed by atoms with Crippen molar-refractivity contribution in [3.05, 3.63) is 41.9 Å². The second-order valence-corrected chi connectivity index (χ2v) is 7.28. The minimum atomic E-state index is -4.44. The third-order valence-corrected chi connectivity index (χ3v) is 5.32. The van der Waals surface area contributed by atoms with Crippen molar-refractivity contribution in [2.24, 2.45) is 5.92 Å². The fraction of sp³-hybridized carbons (Fsp3) is 0.474. The number of pyridine rings is 1. The van der Waals surface area contributed by atoms with Crippen LogP contribution in [0.3, 0.4) is 0 Å². The first-order valence-corrected chi connectivity index (χ1v) is 9.32. The molecule has 9 heteroatoms. The Hall–Kier alpha value is -2.71. The molecular weight excluding hydrogens is 371 g/mol. The number of hydrogen-bond acceptors (Lipinski definition) is 5. The number of nitrogens with zero attached hydrogens (tertiary/aromatic N) is 4. The van der Waals surface area contributed by atoms with Gasteiger partial charge in [0.05, 0.1) is 11.3 Å². The van der Waals surface area contributed by atoms with Gasteiger partial charge in [0.15, 0.2) is 0 Å². The minimum absolute atomic E-state index is 0.0265. The van der Waals surface area contributed by atoms with E-state index in [1.54, 1.807) is 12.3 Å². The maximum atomic E-state index is 12.8.